The zero-order chi connectivity index (χ0) is 25.2. The summed E-state index contributed by atoms with van der Waals surface area (Å²) in [5, 5.41) is 5.32. The van der Waals surface area contributed by atoms with Gasteiger partial charge in [0.05, 0.1) is 11.4 Å². The number of nitrogens with one attached hydrogen (secondary N) is 2. The molecule has 4 amide bonds. The van der Waals surface area contributed by atoms with Gasteiger partial charge in [-0.1, -0.05) is 35.5 Å². The first-order valence-electron chi connectivity index (χ1n) is 10.9. The Morgan fingerprint density at radius 2 is 1.83 bits per heavy atom. The van der Waals surface area contributed by atoms with E-state index in [-0.39, 0.29) is 24.2 Å². The molecule has 182 valence electrons. The number of rotatable bonds is 4. The van der Waals surface area contributed by atoms with Crippen molar-refractivity contribution in [3.8, 4) is 11.5 Å². The maximum atomic E-state index is 13.3. The van der Waals surface area contributed by atoms with Crippen LogP contribution in [0.15, 0.2) is 53.2 Å². The van der Waals surface area contributed by atoms with Crippen molar-refractivity contribution in [2.45, 2.75) is 33.2 Å². The summed E-state index contributed by atoms with van der Waals surface area (Å²) < 4.78 is 10.8. The van der Waals surface area contributed by atoms with Crippen molar-refractivity contribution in [1.29, 1.82) is 0 Å². The summed E-state index contributed by atoms with van der Waals surface area (Å²) in [6, 6.07) is 12.2. The predicted octanol–water partition coefficient (Wildman–Crippen LogP) is 3.82. The summed E-state index contributed by atoms with van der Waals surface area (Å²) in [5.74, 6) is 0.337. The number of urea groups is 1. The van der Waals surface area contributed by atoms with Crippen molar-refractivity contribution < 1.29 is 23.9 Å². The van der Waals surface area contributed by atoms with E-state index in [9.17, 15) is 14.4 Å². The first kappa shape index (κ1) is 24.3. The number of aryl methyl sites for hydroxylation is 1. The molecule has 0 spiro atoms. The molecule has 9 nitrogen and oxygen atoms in total. The number of nitrogens with zero attached hydrogens (tertiary/aromatic N) is 2. The minimum absolute atomic E-state index is 0.0939. The lowest BCUT2D eigenvalue weighted by Gasteiger charge is -2.20. The maximum Gasteiger partial charge on any atom is 0.321 e. The third-order valence-electron chi connectivity index (χ3n) is 4.90. The molecule has 0 aromatic heterocycles. The molecule has 0 atom stereocenters. The van der Waals surface area contributed by atoms with E-state index in [0.29, 0.717) is 22.4 Å². The SMILES string of the molecule is Cc1ccc(N2C(=O)/C(=C\c3ccc4c(c3)OCO4)N=C2SCC(=O)NC(=O)NC(C)(C)C)cc1. The first-order valence-corrected chi connectivity index (χ1v) is 11.9. The summed E-state index contributed by atoms with van der Waals surface area (Å²) in [7, 11) is 0. The molecule has 0 bridgehead atoms. The van der Waals surface area contributed by atoms with Crippen LogP contribution in [0.4, 0.5) is 10.5 Å². The van der Waals surface area contributed by atoms with Crippen molar-refractivity contribution in [2.75, 3.05) is 17.4 Å². The van der Waals surface area contributed by atoms with E-state index in [0.717, 1.165) is 22.9 Å². The van der Waals surface area contributed by atoms with E-state index in [2.05, 4.69) is 15.6 Å². The quantitative estimate of drug-likeness (QED) is 0.626. The Labute approximate surface area is 207 Å². The lowest BCUT2D eigenvalue weighted by molar-refractivity contribution is -0.117. The molecule has 2 aromatic carbocycles. The molecular formula is C25H26N4O5S. The number of thioether (sulfide) groups is 1. The molecular weight excluding hydrogens is 468 g/mol. The van der Waals surface area contributed by atoms with E-state index in [4.69, 9.17) is 9.47 Å². The number of amidine groups is 1. The minimum Gasteiger partial charge on any atom is -0.454 e. The second-order valence-corrected chi connectivity index (χ2v) is 10.00. The number of ether oxygens (including phenoxy) is 2. The second kappa shape index (κ2) is 9.83. The average Bonchev–Trinajstić information content (AvgIpc) is 3.36. The molecule has 0 radical (unpaired) electrons. The van der Waals surface area contributed by atoms with Crippen LogP contribution in [0.1, 0.15) is 31.9 Å². The molecule has 2 N–H and O–H groups in total. The van der Waals surface area contributed by atoms with Gasteiger partial charge in [0.1, 0.15) is 5.70 Å². The molecule has 10 heteroatoms. The molecule has 2 heterocycles. The van der Waals surface area contributed by atoms with Gasteiger partial charge in [0.15, 0.2) is 16.7 Å². The third-order valence-corrected chi connectivity index (χ3v) is 5.83. The highest BCUT2D eigenvalue weighted by atomic mass is 32.2. The van der Waals surface area contributed by atoms with Crippen LogP contribution >= 0.6 is 11.8 Å². The van der Waals surface area contributed by atoms with E-state index in [1.807, 2.05) is 58.0 Å². The van der Waals surface area contributed by atoms with Crippen LogP contribution in [0.5, 0.6) is 11.5 Å². The minimum atomic E-state index is -0.577. The fraction of sp³-hybridized carbons (Fsp3) is 0.280. The van der Waals surface area contributed by atoms with E-state index in [1.54, 1.807) is 18.2 Å². The number of carbonyl (C=O) groups is 3. The normalized spacial score (nSPS) is 15.9. The molecule has 2 aromatic rings. The standard InChI is InChI=1S/C25H26N4O5S/c1-15-5-8-17(9-6-15)29-22(31)18(11-16-7-10-19-20(12-16)34-14-33-19)26-24(29)35-13-21(30)27-23(32)28-25(2,3)4/h5-12H,13-14H2,1-4H3,(H2,27,28,30,32)/b18-11+. The summed E-state index contributed by atoms with van der Waals surface area (Å²) in [6.45, 7) is 7.57. The van der Waals surface area contributed by atoms with Crippen LogP contribution in [-0.2, 0) is 9.59 Å². The smallest absolute Gasteiger partial charge is 0.321 e. The summed E-state index contributed by atoms with van der Waals surface area (Å²) in [4.78, 5) is 43.7. The topological polar surface area (TPSA) is 109 Å². The zero-order valence-corrected chi connectivity index (χ0v) is 20.7. The van der Waals surface area contributed by atoms with Crippen molar-refractivity contribution in [2.24, 2.45) is 4.99 Å². The van der Waals surface area contributed by atoms with E-state index >= 15 is 0 Å². The monoisotopic (exact) mass is 494 g/mol. The molecule has 0 fully saturated rings. The number of amides is 4. The summed E-state index contributed by atoms with van der Waals surface area (Å²) >= 11 is 1.07. The molecule has 35 heavy (non-hydrogen) atoms. The van der Waals surface area contributed by atoms with Crippen LogP contribution in [0.25, 0.3) is 6.08 Å². The van der Waals surface area contributed by atoms with Gasteiger partial charge in [0, 0.05) is 5.54 Å². The van der Waals surface area contributed by atoms with Crippen LogP contribution in [-0.4, -0.2) is 41.1 Å². The van der Waals surface area contributed by atoms with E-state index in [1.165, 1.54) is 4.90 Å². The van der Waals surface area contributed by atoms with Gasteiger partial charge in [-0.15, -0.1) is 0 Å². The predicted molar refractivity (Wildman–Crippen MR) is 136 cm³/mol. The Morgan fingerprint density at radius 3 is 2.54 bits per heavy atom. The van der Waals surface area contributed by atoms with Crippen LogP contribution in [0, 0.1) is 6.92 Å². The van der Waals surface area contributed by atoms with Crippen molar-refractivity contribution in [3.05, 3.63) is 59.3 Å². The fourth-order valence-corrected chi connectivity index (χ4v) is 4.15. The highest BCUT2D eigenvalue weighted by Crippen LogP contribution is 2.34. The fourth-order valence-electron chi connectivity index (χ4n) is 3.34. The van der Waals surface area contributed by atoms with E-state index < -0.39 is 17.5 Å². The zero-order valence-electron chi connectivity index (χ0n) is 19.9. The number of hydrogen-bond acceptors (Lipinski definition) is 7. The molecule has 0 aliphatic carbocycles. The molecule has 0 saturated heterocycles. The van der Waals surface area contributed by atoms with Crippen LogP contribution in [0.2, 0.25) is 0 Å². The van der Waals surface area contributed by atoms with Gasteiger partial charge in [-0.2, -0.15) is 0 Å². The first-order chi connectivity index (χ1) is 16.6. The number of benzene rings is 2. The lowest BCUT2D eigenvalue weighted by Crippen LogP contribution is -2.48. The number of carbonyl (C=O) groups excluding carboxylic acids is 3. The van der Waals surface area contributed by atoms with Gasteiger partial charge >= 0.3 is 6.03 Å². The van der Waals surface area contributed by atoms with Crippen molar-refractivity contribution in [1.82, 2.24) is 10.6 Å². The third kappa shape index (κ3) is 6.02. The van der Waals surface area contributed by atoms with Gasteiger partial charge in [-0.05, 0) is 63.6 Å². The Balaban J connectivity index is 1.55. The summed E-state index contributed by atoms with van der Waals surface area (Å²) in [6.07, 6.45) is 1.66. The Kier molecular flexibility index (Phi) is 6.83. The van der Waals surface area contributed by atoms with Crippen molar-refractivity contribution >= 4 is 46.5 Å². The van der Waals surface area contributed by atoms with Gasteiger partial charge in [0.25, 0.3) is 5.91 Å². The molecule has 0 unspecified atom stereocenters. The second-order valence-electron chi connectivity index (χ2n) is 9.05. The van der Waals surface area contributed by atoms with Crippen LogP contribution in [0.3, 0.4) is 0 Å². The summed E-state index contributed by atoms with van der Waals surface area (Å²) in [5.41, 5.74) is 2.15. The molecule has 2 aliphatic heterocycles. The van der Waals surface area contributed by atoms with Gasteiger partial charge in [-0.3, -0.25) is 19.8 Å². The molecule has 0 saturated carbocycles. The number of aliphatic imine (C=N–C) groups is 1. The Bertz CT molecular complexity index is 1230. The van der Waals surface area contributed by atoms with Gasteiger partial charge < -0.3 is 14.8 Å². The lowest BCUT2D eigenvalue weighted by atomic mass is 10.1. The number of fused-ring (bicyclic) bond motifs is 1. The highest BCUT2D eigenvalue weighted by molar-refractivity contribution is 8.14. The Hall–Kier alpha value is -3.79. The number of hydrogen-bond donors (Lipinski definition) is 2. The molecule has 4 rings (SSSR count). The van der Waals surface area contributed by atoms with Gasteiger partial charge in [-0.25, -0.2) is 9.79 Å². The van der Waals surface area contributed by atoms with Crippen molar-refractivity contribution in [3.63, 3.8) is 0 Å². The Morgan fingerprint density at radius 1 is 1.11 bits per heavy atom. The van der Waals surface area contributed by atoms with Crippen LogP contribution < -0.4 is 25.0 Å². The van der Waals surface area contributed by atoms with Gasteiger partial charge in [0.2, 0.25) is 12.7 Å². The maximum absolute atomic E-state index is 13.3. The average molecular weight is 495 g/mol. The largest absolute Gasteiger partial charge is 0.454 e. The highest BCUT2D eigenvalue weighted by Gasteiger charge is 2.32. The molecule has 2 aliphatic rings. The number of anilines is 1. The number of imide groups is 1.